The van der Waals surface area contributed by atoms with E-state index in [0.717, 1.165) is 5.01 Å². The van der Waals surface area contributed by atoms with Crippen LogP contribution < -0.4 is 10.4 Å². The van der Waals surface area contributed by atoms with Gasteiger partial charge in [0, 0.05) is 12.6 Å². The Labute approximate surface area is 150 Å². The second kappa shape index (κ2) is 7.35. The zero-order valence-electron chi connectivity index (χ0n) is 15.5. The Morgan fingerprint density at radius 1 is 1.23 bits per heavy atom. The number of carbonyl (C=O) groups is 1. The second-order valence-electron chi connectivity index (χ2n) is 7.81. The number of nitriles is 1. The third kappa shape index (κ3) is 7.13. The normalized spacial score (nSPS) is 12.3. The summed E-state index contributed by atoms with van der Waals surface area (Å²) in [5, 5.41) is 10.0. The van der Waals surface area contributed by atoms with Crippen LogP contribution in [0.15, 0.2) is 6.07 Å². The number of hydrazine groups is 1. The Balaban J connectivity index is 3.30. The zero-order chi connectivity index (χ0) is 20.3. The van der Waals surface area contributed by atoms with Crippen molar-refractivity contribution >= 4 is 12.0 Å². The zero-order valence-corrected chi connectivity index (χ0v) is 15.5. The SMILES string of the molecule is CC(C)(C)CN(NC(=O)OC(C)(C)C)c1nc(C#N)cc(C(F)(F)F)n1. The predicted molar refractivity (Wildman–Crippen MR) is 87.9 cm³/mol. The van der Waals surface area contributed by atoms with Crippen molar-refractivity contribution in [3.05, 3.63) is 17.5 Å². The molecule has 7 nitrogen and oxygen atoms in total. The number of hydrogen-bond acceptors (Lipinski definition) is 6. The molecule has 0 atom stereocenters. The van der Waals surface area contributed by atoms with Crippen LogP contribution in [0.4, 0.5) is 23.9 Å². The lowest BCUT2D eigenvalue weighted by Crippen LogP contribution is -2.49. The summed E-state index contributed by atoms with van der Waals surface area (Å²) >= 11 is 0. The molecule has 0 radical (unpaired) electrons. The van der Waals surface area contributed by atoms with Gasteiger partial charge >= 0.3 is 12.3 Å². The molecule has 0 aliphatic carbocycles. The van der Waals surface area contributed by atoms with E-state index in [-0.39, 0.29) is 6.54 Å². The van der Waals surface area contributed by atoms with Gasteiger partial charge in [-0.05, 0) is 26.2 Å². The highest BCUT2D eigenvalue weighted by molar-refractivity contribution is 5.69. The molecule has 1 aromatic rings. The smallest absolute Gasteiger partial charge is 0.433 e. The summed E-state index contributed by atoms with van der Waals surface area (Å²) in [7, 11) is 0. The van der Waals surface area contributed by atoms with Gasteiger partial charge in [-0.15, -0.1) is 0 Å². The van der Waals surface area contributed by atoms with Gasteiger partial charge in [0.15, 0.2) is 5.69 Å². The Morgan fingerprint density at radius 2 is 1.81 bits per heavy atom. The van der Waals surface area contributed by atoms with Gasteiger partial charge in [0.05, 0.1) is 0 Å². The first-order chi connectivity index (χ1) is 11.6. The lowest BCUT2D eigenvalue weighted by molar-refractivity contribution is -0.141. The molecule has 0 aromatic carbocycles. The minimum absolute atomic E-state index is 0.0818. The fourth-order valence-corrected chi connectivity index (χ4v) is 1.80. The highest BCUT2D eigenvalue weighted by atomic mass is 19.4. The maximum Gasteiger partial charge on any atom is 0.433 e. The molecule has 144 valence electrons. The van der Waals surface area contributed by atoms with Crippen molar-refractivity contribution in [3.63, 3.8) is 0 Å². The van der Waals surface area contributed by atoms with Gasteiger partial charge in [-0.3, -0.25) is 0 Å². The Morgan fingerprint density at radius 3 is 2.23 bits per heavy atom. The monoisotopic (exact) mass is 373 g/mol. The molecule has 1 rings (SSSR count). The van der Waals surface area contributed by atoms with Crippen molar-refractivity contribution < 1.29 is 22.7 Å². The quantitative estimate of drug-likeness (QED) is 0.813. The Kier molecular flexibility index (Phi) is 6.07. The number of halogens is 3. The fourth-order valence-electron chi connectivity index (χ4n) is 1.80. The maximum absolute atomic E-state index is 13.0. The van der Waals surface area contributed by atoms with Crippen LogP contribution in [-0.2, 0) is 10.9 Å². The summed E-state index contributed by atoms with van der Waals surface area (Å²) in [6.07, 6.45) is -5.64. The van der Waals surface area contributed by atoms with E-state index in [1.54, 1.807) is 26.8 Å². The van der Waals surface area contributed by atoms with Crippen molar-refractivity contribution in [3.8, 4) is 6.07 Å². The number of aromatic nitrogens is 2. The van der Waals surface area contributed by atoms with Gasteiger partial charge in [0.1, 0.15) is 17.4 Å². The van der Waals surface area contributed by atoms with E-state index in [0.29, 0.717) is 6.07 Å². The molecule has 0 saturated heterocycles. The molecule has 1 N–H and O–H groups in total. The molecule has 1 aromatic heterocycles. The second-order valence-corrected chi connectivity index (χ2v) is 7.81. The molecule has 26 heavy (non-hydrogen) atoms. The van der Waals surface area contributed by atoms with E-state index >= 15 is 0 Å². The van der Waals surface area contributed by atoms with E-state index in [2.05, 4.69) is 15.4 Å². The minimum Gasteiger partial charge on any atom is -0.443 e. The van der Waals surface area contributed by atoms with Crippen LogP contribution >= 0.6 is 0 Å². The van der Waals surface area contributed by atoms with Crippen molar-refractivity contribution in [2.75, 3.05) is 11.6 Å². The number of hydrogen-bond donors (Lipinski definition) is 1. The van der Waals surface area contributed by atoms with Crippen LogP contribution in [0.3, 0.4) is 0 Å². The summed E-state index contributed by atoms with van der Waals surface area (Å²) in [5.74, 6) is -0.447. The van der Waals surface area contributed by atoms with Gasteiger partial charge in [-0.1, -0.05) is 20.8 Å². The summed E-state index contributed by atoms with van der Waals surface area (Å²) in [5.41, 5.74) is -0.626. The van der Waals surface area contributed by atoms with Gasteiger partial charge in [0.25, 0.3) is 0 Å². The predicted octanol–water partition coefficient (Wildman–Crippen LogP) is 3.66. The van der Waals surface area contributed by atoms with Crippen molar-refractivity contribution in [1.82, 2.24) is 15.4 Å². The van der Waals surface area contributed by atoms with E-state index in [1.165, 1.54) is 0 Å². The molecular weight excluding hydrogens is 351 g/mol. The first-order valence-electron chi connectivity index (χ1n) is 7.74. The molecule has 0 saturated carbocycles. The van der Waals surface area contributed by atoms with E-state index in [9.17, 15) is 18.0 Å². The van der Waals surface area contributed by atoms with Crippen LogP contribution in [-0.4, -0.2) is 28.2 Å². The van der Waals surface area contributed by atoms with Crippen molar-refractivity contribution in [1.29, 1.82) is 5.26 Å². The summed E-state index contributed by atoms with van der Waals surface area (Å²) in [4.78, 5) is 19.3. The number of amides is 1. The molecule has 0 fully saturated rings. The molecule has 0 bridgehead atoms. The number of nitrogens with one attached hydrogen (secondary N) is 1. The summed E-state index contributed by atoms with van der Waals surface area (Å²) < 4.78 is 44.2. The first kappa shape index (κ1) is 21.5. The number of rotatable bonds is 3. The third-order valence-electron chi connectivity index (χ3n) is 2.62. The third-order valence-corrected chi connectivity index (χ3v) is 2.62. The Hall–Kier alpha value is -2.57. The molecule has 0 unspecified atom stereocenters. The Bertz CT molecular complexity index is 700. The average molecular weight is 373 g/mol. The fraction of sp³-hybridized carbons (Fsp3) is 0.625. The molecular formula is C16H22F3N5O2. The molecule has 1 amide bonds. The van der Waals surface area contributed by atoms with Crippen molar-refractivity contribution in [2.45, 2.75) is 53.3 Å². The number of alkyl halides is 3. The van der Waals surface area contributed by atoms with Gasteiger partial charge in [-0.25, -0.2) is 25.2 Å². The van der Waals surface area contributed by atoms with Crippen LogP contribution in [0.2, 0.25) is 0 Å². The highest BCUT2D eigenvalue weighted by Crippen LogP contribution is 2.29. The van der Waals surface area contributed by atoms with Crippen LogP contribution in [0, 0.1) is 16.7 Å². The summed E-state index contributed by atoms with van der Waals surface area (Å²) in [6.45, 7) is 10.5. The average Bonchev–Trinajstić information content (AvgIpc) is 2.41. The number of nitrogens with zero attached hydrogens (tertiary/aromatic N) is 4. The number of anilines is 1. The van der Waals surface area contributed by atoms with Crippen molar-refractivity contribution in [2.24, 2.45) is 5.41 Å². The molecule has 1 heterocycles. The molecule has 0 aliphatic heterocycles. The van der Waals surface area contributed by atoms with Crippen LogP contribution in [0.5, 0.6) is 0 Å². The van der Waals surface area contributed by atoms with Gasteiger partial charge in [0.2, 0.25) is 5.95 Å². The molecule has 10 heteroatoms. The van der Waals surface area contributed by atoms with Crippen LogP contribution in [0.25, 0.3) is 0 Å². The van der Waals surface area contributed by atoms with Gasteiger partial charge < -0.3 is 4.74 Å². The molecule has 0 spiro atoms. The van der Waals surface area contributed by atoms with Gasteiger partial charge in [-0.2, -0.15) is 18.4 Å². The number of ether oxygens (including phenoxy) is 1. The largest absolute Gasteiger partial charge is 0.443 e. The minimum atomic E-state index is -4.76. The lowest BCUT2D eigenvalue weighted by Gasteiger charge is -2.31. The lowest BCUT2D eigenvalue weighted by atomic mass is 9.97. The first-order valence-corrected chi connectivity index (χ1v) is 7.74. The number of carbonyl (C=O) groups excluding carboxylic acids is 1. The standard InChI is InChI=1S/C16H22F3N5O2/c1-14(2,3)9-24(23-13(25)26-15(4,5)6)12-21-10(8-20)7-11(22-12)16(17,18)19/h7H,9H2,1-6H3,(H,23,25). The topological polar surface area (TPSA) is 91.1 Å². The van der Waals surface area contributed by atoms with E-state index in [1.807, 2.05) is 20.8 Å². The highest BCUT2D eigenvalue weighted by Gasteiger charge is 2.35. The van der Waals surface area contributed by atoms with E-state index in [4.69, 9.17) is 10.00 Å². The maximum atomic E-state index is 13.0. The summed E-state index contributed by atoms with van der Waals surface area (Å²) in [6, 6.07) is 2.12. The van der Waals surface area contributed by atoms with Crippen LogP contribution in [0.1, 0.15) is 52.9 Å². The van der Waals surface area contributed by atoms with E-state index < -0.39 is 40.6 Å². The molecule has 0 aliphatic rings.